The maximum Gasteiger partial charge on any atom is 0.252 e. The molecule has 8 nitrogen and oxygen atoms in total. The molecule has 0 atom stereocenters. The van der Waals surface area contributed by atoms with E-state index in [1.807, 2.05) is 12.1 Å². The molecule has 0 spiro atoms. The minimum Gasteiger partial charge on any atom is -0.396 e. The fraction of sp³-hybridized carbons (Fsp3) is 0.429. The number of pyridine rings is 2. The van der Waals surface area contributed by atoms with E-state index < -0.39 is 0 Å². The van der Waals surface area contributed by atoms with Crippen molar-refractivity contribution in [1.82, 2.24) is 9.97 Å². The fourth-order valence-electron chi connectivity index (χ4n) is 3.42. The molecule has 0 saturated carbocycles. The second-order valence-electron chi connectivity index (χ2n) is 7.05. The van der Waals surface area contributed by atoms with Crippen LogP contribution in [0.4, 0.5) is 11.6 Å². The molecule has 1 aliphatic carbocycles. The normalized spacial score (nSPS) is 13.8. The summed E-state index contributed by atoms with van der Waals surface area (Å²) in [7, 11) is 0. The molecule has 0 fully saturated rings. The lowest BCUT2D eigenvalue weighted by Gasteiger charge is -2.19. The van der Waals surface area contributed by atoms with E-state index in [-0.39, 0.29) is 30.9 Å². The summed E-state index contributed by atoms with van der Waals surface area (Å²) in [4.78, 5) is 21.1. The standard InChI is InChI=1S/C21H25N5O3/c22-12-17-10-15-13-23-19(26-21(29)14-4-2-1-3-5-14)11-18(15)20(25-17)24-16(6-8-27)7-9-28/h4,10-11,13,16,27-28H,1-3,5-9H2,(H,24,25)(H,23,26,29). The van der Waals surface area contributed by atoms with Crippen LogP contribution in [0.2, 0.25) is 0 Å². The number of anilines is 2. The lowest BCUT2D eigenvalue weighted by Crippen LogP contribution is -2.23. The van der Waals surface area contributed by atoms with Gasteiger partial charge in [0.2, 0.25) is 0 Å². The molecule has 4 N–H and O–H groups in total. The predicted octanol–water partition coefficient (Wildman–Crippen LogP) is 2.49. The van der Waals surface area contributed by atoms with Gasteiger partial charge in [0.15, 0.2) is 0 Å². The molecule has 3 rings (SSSR count). The largest absolute Gasteiger partial charge is 0.396 e. The van der Waals surface area contributed by atoms with Crippen LogP contribution in [0.5, 0.6) is 0 Å². The number of aromatic nitrogens is 2. The number of allylic oxidation sites excluding steroid dienone is 1. The van der Waals surface area contributed by atoms with Crippen molar-refractivity contribution in [3.05, 3.63) is 35.7 Å². The summed E-state index contributed by atoms with van der Waals surface area (Å²) in [6, 6.07) is 5.19. The van der Waals surface area contributed by atoms with Gasteiger partial charge in [-0.15, -0.1) is 0 Å². The van der Waals surface area contributed by atoms with Gasteiger partial charge in [-0.1, -0.05) is 6.08 Å². The summed E-state index contributed by atoms with van der Waals surface area (Å²) < 4.78 is 0. The summed E-state index contributed by atoms with van der Waals surface area (Å²) >= 11 is 0. The van der Waals surface area contributed by atoms with Gasteiger partial charge in [0, 0.05) is 41.8 Å². The SMILES string of the molecule is N#Cc1cc2cnc(NC(=O)C3=CCCCC3)cc2c(NC(CCO)CCO)n1. The van der Waals surface area contributed by atoms with Gasteiger partial charge in [-0.05, 0) is 50.7 Å². The van der Waals surface area contributed by atoms with Crippen LogP contribution in [0.15, 0.2) is 30.0 Å². The van der Waals surface area contributed by atoms with Gasteiger partial charge in [-0.3, -0.25) is 4.79 Å². The maximum absolute atomic E-state index is 12.5. The average molecular weight is 395 g/mol. The van der Waals surface area contributed by atoms with Crippen molar-refractivity contribution in [3.63, 3.8) is 0 Å². The highest BCUT2D eigenvalue weighted by Gasteiger charge is 2.16. The Kier molecular flexibility index (Phi) is 7.11. The van der Waals surface area contributed by atoms with Crippen molar-refractivity contribution in [2.24, 2.45) is 0 Å². The van der Waals surface area contributed by atoms with Crippen LogP contribution in [0.3, 0.4) is 0 Å². The van der Waals surface area contributed by atoms with Gasteiger partial charge in [0.25, 0.3) is 5.91 Å². The third-order valence-corrected chi connectivity index (χ3v) is 4.95. The van der Waals surface area contributed by atoms with Crippen LogP contribution in [0, 0.1) is 11.3 Å². The monoisotopic (exact) mass is 395 g/mol. The number of hydrogen-bond acceptors (Lipinski definition) is 7. The third kappa shape index (κ3) is 5.28. The Morgan fingerprint density at radius 1 is 1.24 bits per heavy atom. The second kappa shape index (κ2) is 9.96. The zero-order valence-electron chi connectivity index (χ0n) is 16.2. The molecule has 2 aromatic rings. The summed E-state index contributed by atoms with van der Waals surface area (Å²) in [6.45, 7) is -0.0724. The molecule has 0 aliphatic heterocycles. The predicted molar refractivity (Wildman–Crippen MR) is 110 cm³/mol. The van der Waals surface area contributed by atoms with Crippen molar-refractivity contribution in [1.29, 1.82) is 5.26 Å². The van der Waals surface area contributed by atoms with E-state index >= 15 is 0 Å². The minimum absolute atomic E-state index is 0.0362. The molecule has 1 amide bonds. The lowest BCUT2D eigenvalue weighted by atomic mass is 9.99. The number of carbonyl (C=O) groups excluding carboxylic acids is 1. The first-order valence-electron chi connectivity index (χ1n) is 9.84. The molecule has 0 aromatic carbocycles. The minimum atomic E-state index is -0.201. The van der Waals surface area contributed by atoms with E-state index in [9.17, 15) is 20.3 Å². The van der Waals surface area contributed by atoms with Crippen LogP contribution in [-0.2, 0) is 4.79 Å². The zero-order chi connectivity index (χ0) is 20.6. The van der Waals surface area contributed by atoms with Crippen LogP contribution in [0.25, 0.3) is 10.8 Å². The first-order chi connectivity index (χ1) is 14.1. The smallest absolute Gasteiger partial charge is 0.252 e. The Bertz CT molecular complexity index is 945. The summed E-state index contributed by atoms with van der Waals surface area (Å²) in [5.41, 5.74) is 1.01. The number of hydrogen-bond donors (Lipinski definition) is 4. The molecule has 0 bridgehead atoms. The number of aliphatic hydroxyl groups is 2. The Balaban J connectivity index is 1.92. The number of carbonyl (C=O) groups is 1. The van der Waals surface area contributed by atoms with Crippen LogP contribution in [-0.4, -0.2) is 45.3 Å². The number of amides is 1. The summed E-state index contributed by atoms with van der Waals surface area (Å²) in [6.07, 6.45) is 8.24. The molecule has 152 valence electrons. The molecule has 1 aliphatic rings. The zero-order valence-corrected chi connectivity index (χ0v) is 16.2. The third-order valence-electron chi connectivity index (χ3n) is 4.95. The number of fused-ring (bicyclic) bond motifs is 1. The highest BCUT2D eigenvalue weighted by Crippen LogP contribution is 2.26. The molecule has 2 heterocycles. The average Bonchev–Trinajstić information content (AvgIpc) is 2.74. The van der Waals surface area contributed by atoms with Crippen molar-refractivity contribution >= 4 is 28.3 Å². The Morgan fingerprint density at radius 3 is 2.69 bits per heavy atom. The summed E-state index contributed by atoms with van der Waals surface area (Å²) in [5, 5.41) is 35.3. The van der Waals surface area contributed by atoms with Crippen LogP contribution >= 0.6 is 0 Å². The molecule has 29 heavy (non-hydrogen) atoms. The number of nitriles is 1. The molecule has 0 radical (unpaired) electrons. The van der Waals surface area contributed by atoms with Crippen molar-refractivity contribution < 1.29 is 15.0 Å². The van der Waals surface area contributed by atoms with Gasteiger partial charge in [-0.2, -0.15) is 5.26 Å². The Morgan fingerprint density at radius 2 is 2.03 bits per heavy atom. The molecular formula is C21H25N5O3. The van der Waals surface area contributed by atoms with Gasteiger partial charge < -0.3 is 20.8 Å². The fourth-order valence-corrected chi connectivity index (χ4v) is 3.42. The van der Waals surface area contributed by atoms with E-state index in [0.717, 1.165) is 31.3 Å². The van der Waals surface area contributed by atoms with Crippen LogP contribution in [0.1, 0.15) is 44.2 Å². The lowest BCUT2D eigenvalue weighted by molar-refractivity contribution is -0.113. The molecule has 0 unspecified atom stereocenters. The molecule has 0 saturated heterocycles. The van der Waals surface area contributed by atoms with Gasteiger partial charge in [0.1, 0.15) is 23.4 Å². The van der Waals surface area contributed by atoms with Crippen molar-refractivity contribution in [3.8, 4) is 6.07 Å². The molecule has 2 aromatic heterocycles. The summed E-state index contributed by atoms with van der Waals surface area (Å²) in [5.74, 6) is 0.719. The van der Waals surface area contributed by atoms with E-state index in [1.165, 1.54) is 0 Å². The number of nitrogens with one attached hydrogen (secondary N) is 2. The van der Waals surface area contributed by atoms with Crippen LogP contribution < -0.4 is 10.6 Å². The maximum atomic E-state index is 12.5. The van der Waals surface area contributed by atoms with Gasteiger partial charge in [-0.25, -0.2) is 9.97 Å². The first kappa shape index (κ1) is 20.7. The van der Waals surface area contributed by atoms with Gasteiger partial charge in [0.05, 0.1) is 0 Å². The van der Waals surface area contributed by atoms with E-state index in [1.54, 1.807) is 18.3 Å². The van der Waals surface area contributed by atoms with E-state index in [0.29, 0.717) is 35.2 Å². The number of nitrogens with zero attached hydrogens (tertiary/aromatic N) is 3. The Labute approximate surface area is 169 Å². The van der Waals surface area contributed by atoms with E-state index in [2.05, 4.69) is 20.6 Å². The highest BCUT2D eigenvalue weighted by molar-refractivity contribution is 6.04. The second-order valence-corrected chi connectivity index (χ2v) is 7.05. The highest BCUT2D eigenvalue weighted by atomic mass is 16.3. The number of aliphatic hydroxyl groups excluding tert-OH is 2. The topological polar surface area (TPSA) is 131 Å². The molecule has 8 heteroatoms. The number of rotatable bonds is 8. The Hall–Kier alpha value is -3.02. The quantitative estimate of drug-likeness (QED) is 0.540. The molecular weight excluding hydrogens is 370 g/mol. The van der Waals surface area contributed by atoms with Crippen molar-refractivity contribution in [2.45, 2.75) is 44.6 Å². The van der Waals surface area contributed by atoms with E-state index in [4.69, 9.17) is 0 Å². The van der Waals surface area contributed by atoms with Gasteiger partial charge >= 0.3 is 0 Å². The van der Waals surface area contributed by atoms with Crippen molar-refractivity contribution in [2.75, 3.05) is 23.8 Å². The first-order valence-corrected chi connectivity index (χ1v) is 9.84.